The van der Waals surface area contributed by atoms with Crippen molar-refractivity contribution in [3.05, 3.63) is 34.1 Å². The van der Waals surface area contributed by atoms with Gasteiger partial charge in [-0.1, -0.05) is 52.3 Å². The average Bonchev–Trinajstić information content (AvgIpc) is 2.46. The standard InChI is InChI=1S/C12H17ClFN.2C2H6/c1-2-9-7-10(5-3-4-6-15)12(14)8-11(9)13;2*1-2/h7-8H,2-6,15H2,1H3;2*1-2H3. The molecule has 0 amide bonds. The highest BCUT2D eigenvalue weighted by molar-refractivity contribution is 6.31. The minimum Gasteiger partial charge on any atom is -0.330 e. The van der Waals surface area contributed by atoms with Crippen LogP contribution in [0.5, 0.6) is 0 Å². The van der Waals surface area contributed by atoms with Crippen molar-refractivity contribution in [3.63, 3.8) is 0 Å². The number of rotatable bonds is 5. The number of nitrogens with two attached hydrogens (primary N) is 1. The molecule has 112 valence electrons. The van der Waals surface area contributed by atoms with E-state index in [0.717, 1.165) is 36.8 Å². The Morgan fingerprint density at radius 2 is 1.63 bits per heavy atom. The lowest BCUT2D eigenvalue weighted by Gasteiger charge is -2.07. The van der Waals surface area contributed by atoms with Gasteiger partial charge in [-0.25, -0.2) is 4.39 Å². The zero-order valence-electron chi connectivity index (χ0n) is 13.0. The summed E-state index contributed by atoms with van der Waals surface area (Å²) >= 11 is 5.90. The summed E-state index contributed by atoms with van der Waals surface area (Å²) in [7, 11) is 0. The minimum absolute atomic E-state index is 0.200. The van der Waals surface area contributed by atoms with Gasteiger partial charge in [-0.05, 0) is 49.4 Å². The first-order chi connectivity index (χ1) is 9.19. The topological polar surface area (TPSA) is 26.0 Å². The Balaban J connectivity index is 0. The lowest BCUT2D eigenvalue weighted by Crippen LogP contribution is -2.00. The summed E-state index contributed by atoms with van der Waals surface area (Å²) in [6.45, 7) is 10.7. The van der Waals surface area contributed by atoms with E-state index in [0.29, 0.717) is 11.6 Å². The highest BCUT2D eigenvalue weighted by Crippen LogP contribution is 2.22. The molecule has 0 saturated carbocycles. The zero-order chi connectivity index (χ0) is 15.3. The molecule has 0 heterocycles. The first-order valence-electron chi connectivity index (χ1n) is 7.36. The second-order valence-electron chi connectivity index (χ2n) is 3.63. The van der Waals surface area contributed by atoms with Crippen LogP contribution >= 0.6 is 11.6 Å². The Kier molecular flexibility index (Phi) is 15.1. The maximum Gasteiger partial charge on any atom is 0.127 e. The molecule has 0 spiro atoms. The first-order valence-corrected chi connectivity index (χ1v) is 7.73. The van der Waals surface area contributed by atoms with E-state index >= 15 is 0 Å². The van der Waals surface area contributed by atoms with Crippen LogP contribution in [0.15, 0.2) is 12.1 Å². The molecule has 1 aromatic rings. The van der Waals surface area contributed by atoms with Gasteiger partial charge in [0, 0.05) is 5.02 Å². The minimum atomic E-state index is -0.200. The molecule has 1 nitrogen and oxygen atoms in total. The van der Waals surface area contributed by atoms with E-state index in [4.69, 9.17) is 17.3 Å². The largest absolute Gasteiger partial charge is 0.330 e. The van der Waals surface area contributed by atoms with Crippen molar-refractivity contribution in [1.82, 2.24) is 0 Å². The van der Waals surface area contributed by atoms with Crippen molar-refractivity contribution in [1.29, 1.82) is 0 Å². The van der Waals surface area contributed by atoms with Gasteiger partial charge in [0.05, 0.1) is 0 Å². The highest BCUT2D eigenvalue weighted by atomic mass is 35.5. The van der Waals surface area contributed by atoms with Gasteiger partial charge < -0.3 is 5.73 Å². The van der Waals surface area contributed by atoms with E-state index in [-0.39, 0.29) is 5.82 Å². The van der Waals surface area contributed by atoms with E-state index in [2.05, 4.69) is 0 Å². The van der Waals surface area contributed by atoms with Crippen LogP contribution in [-0.4, -0.2) is 6.54 Å². The maximum absolute atomic E-state index is 13.5. The van der Waals surface area contributed by atoms with Crippen molar-refractivity contribution in [3.8, 4) is 0 Å². The summed E-state index contributed by atoms with van der Waals surface area (Å²) in [5, 5.41) is 0.526. The van der Waals surface area contributed by atoms with Gasteiger partial charge in [0.1, 0.15) is 5.82 Å². The molecule has 0 bridgehead atoms. The van der Waals surface area contributed by atoms with Gasteiger partial charge in [0.15, 0.2) is 0 Å². The van der Waals surface area contributed by atoms with Gasteiger partial charge in [0.2, 0.25) is 0 Å². The SMILES string of the molecule is CC.CC.CCc1cc(CCCCN)c(F)cc1Cl. The van der Waals surface area contributed by atoms with Crippen LogP contribution in [0.3, 0.4) is 0 Å². The molecule has 0 unspecified atom stereocenters. The van der Waals surface area contributed by atoms with Gasteiger partial charge in [0.25, 0.3) is 0 Å². The van der Waals surface area contributed by atoms with Crippen molar-refractivity contribution in [2.24, 2.45) is 5.73 Å². The Morgan fingerprint density at radius 3 is 2.11 bits per heavy atom. The summed E-state index contributed by atoms with van der Waals surface area (Å²) < 4.78 is 13.5. The molecule has 0 saturated heterocycles. The van der Waals surface area contributed by atoms with Crippen molar-refractivity contribution in [2.45, 2.75) is 60.3 Å². The van der Waals surface area contributed by atoms with E-state index in [1.54, 1.807) is 0 Å². The number of halogens is 2. The molecule has 0 fully saturated rings. The third kappa shape index (κ3) is 8.22. The molecule has 0 radical (unpaired) electrons. The third-order valence-corrected chi connectivity index (χ3v) is 2.85. The van der Waals surface area contributed by atoms with Gasteiger partial charge >= 0.3 is 0 Å². The average molecular weight is 290 g/mol. The van der Waals surface area contributed by atoms with E-state index < -0.39 is 0 Å². The summed E-state index contributed by atoms with van der Waals surface area (Å²) in [4.78, 5) is 0. The highest BCUT2D eigenvalue weighted by Gasteiger charge is 2.07. The maximum atomic E-state index is 13.5. The molecule has 0 aliphatic rings. The number of unbranched alkanes of at least 4 members (excludes halogenated alkanes) is 1. The number of benzene rings is 1. The van der Waals surface area contributed by atoms with Crippen molar-refractivity contribution < 1.29 is 4.39 Å². The fourth-order valence-electron chi connectivity index (χ4n) is 1.57. The first kappa shape index (κ1) is 20.7. The molecule has 19 heavy (non-hydrogen) atoms. The van der Waals surface area contributed by atoms with Crippen molar-refractivity contribution in [2.75, 3.05) is 6.54 Å². The second kappa shape index (κ2) is 13.8. The van der Waals surface area contributed by atoms with Crippen LogP contribution in [0.1, 0.15) is 58.6 Å². The van der Waals surface area contributed by atoms with E-state index in [1.807, 2.05) is 40.7 Å². The van der Waals surface area contributed by atoms with Crippen LogP contribution < -0.4 is 5.73 Å². The van der Waals surface area contributed by atoms with Crippen LogP contribution in [0.25, 0.3) is 0 Å². The molecular formula is C16H29ClFN. The quantitative estimate of drug-likeness (QED) is 0.724. The van der Waals surface area contributed by atoms with Gasteiger partial charge in [-0.15, -0.1) is 0 Å². The summed E-state index contributed by atoms with van der Waals surface area (Å²) in [6, 6.07) is 3.28. The lowest BCUT2D eigenvalue weighted by molar-refractivity contribution is 0.600. The van der Waals surface area contributed by atoms with Crippen molar-refractivity contribution >= 4 is 11.6 Å². The van der Waals surface area contributed by atoms with Gasteiger partial charge in [-0.3, -0.25) is 0 Å². The molecule has 3 heteroatoms. The third-order valence-electron chi connectivity index (χ3n) is 2.50. The van der Waals surface area contributed by atoms with E-state index in [1.165, 1.54) is 6.07 Å². The predicted octanol–water partition coefficient (Wildman–Crippen LogP) is 5.38. The zero-order valence-corrected chi connectivity index (χ0v) is 13.8. The Morgan fingerprint density at radius 1 is 1.05 bits per heavy atom. The number of hydrogen-bond acceptors (Lipinski definition) is 1. The molecule has 0 aliphatic heterocycles. The second-order valence-corrected chi connectivity index (χ2v) is 4.04. The summed E-state index contributed by atoms with van der Waals surface area (Å²) in [5.74, 6) is -0.200. The van der Waals surface area contributed by atoms with Gasteiger partial charge in [-0.2, -0.15) is 0 Å². The molecular weight excluding hydrogens is 261 g/mol. The fraction of sp³-hybridized carbons (Fsp3) is 0.625. The molecule has 0 aliphatic carbocycles. The number of aryl methyl sites for hydroxylation is 2. The Labute approximate surface area is 123 Å². The molecule has 2 N–H and O–H groups in total. The Hall–Kier alpha value is -0.600. The van der Waals surface area contributed by atoms with Crippen LogP contribution in [0.2, 0.25) is 5.02 Å². The van der Waals surface area contributed by atoms with Crippen LogP contribution in [0, 0.1) is 5.82 Å². The summed E-state index contributed by atoms with van der Waals surface area (Å²) in [6.07, 6.45) is 3.44. The summed E-state index contributed by atoms with van der Waals surface area (Å²) in [5.41, 5.74) is 7.17. The Bertz CT molecular complexity index is 327. The normalized spacial score (nSPS) is 9.05. The number of hydrogen-bond donors (Lipinski definition) is 1. The van der Waals surface area contributed by atoms with E-state index in [9.17, 15) is 4.39 Å². The molecule has 0 aromatic heterocycles. The lowest BCUT2D eigenvalue weighted by atomic mass is 10.0. The monoisotopic (exact) mass is 289 g/mol. The smallest absolute Gasteiger partial charge is 0.127 e. The molecule has 1 aromatic carbocycles. The fourth-order valence-corrected chi connectivity index (χ4v) is 1.85. The van der Waals surface area contributed by atoms with Crippen LogP contribution in [0.4, 0.5) is 4.39 Å². The van der Waals surface area contributed by atoms with Crippen LogP contribution in [-0.2, 0) is 12.8 Å². The molecule has 0 atom stereocenters. The predicted molar refractivity (Wildman–Crippen MR) is 85.5 cm³/mol. The molecule has 1 rings (SSSR count).